The number of rotatable bonds is 7. The predicted molar refractivity (Wildman–Crippen MR) is 102 cm³/mol. The van der Waals surface area contributed by atoms with E-state index in [0.29, 0.717) is 17.5 Å². The van der Waals surface area contributed by atoms with Crippen molar-refractivity contribution < 1.29 is 13.6 Å². The molecule has 0 aliphatic carbocycles. The summed E-state index contributed by atoms with van der Waals surface area (Å²) in [4.78, 5) is 14.4. The second-order valence-electron chi connectivity index (χ2n) is 5.94. The maximum atomic E-state index is 13.1. The summed E-state index contributed by atoms with van der Waals surface area (Å²) in [6.45, 7) is 2.45. The minimum atomic E-state index is -0.298. The Morgan fingerprint density at radius 1 is 1.31 bits per heavy atom. The molecular formula is C19H20FN3O2S. The quantitative estimate of drug-likeness (QED) is 0.532. The van der Waals surface area contributed by atoms with E-state index in [2.05, 4.69) is 17.1 Å². The number of thioether (sulfide) groups is 1. The van der Waals surface area contributed by atoms with E-state index in [1.165, 1.54) is 30.1 Å². The molecular weight excluding hydrogens is 353 g/mol. The van der Waals surface area contributed by atoms with Gasteiger partial charge in [-0.15, -0.1) is 5.10 Å². The normalized spacial score (nSPS) is 19.2. The van der Waals surface area contributed by atoms with E-state index >= 15 is 0 Å². The molecule has 7 heteroatoms. The van der Waals surface area contributed by atoms with E-state index in [-0.39, 0.29) is 17.0 Å². The van der Waals surface area contributed by atoms with Gasteiger partial charge in [0.2, 0.25) is 5.91 Å². The molecule has 1 saturated heterocycles. The fourth-order valence-corrected chi connectivity index (χ4v) is 3.72. The molecule has 1 aromatic heterocycles. The lowest BCUT2D eigenvalue weighted by atomic mass is 10.1. The van der Waals surface area contributed by atoms with Gasteiger partial charge in [-0.3, -0.25) is 9.69 Å². The lowest BCUT2D eigenvalue weighted by Gasteiger charge is -2.15. The number of hydrogen-bond acceptors (Lipinski definition) is 5. The summed E-state index contributed by atoms with van der Waals surface area (Å²) in [6.07, 6.45) is 5.89. The van der Waals surface area contributed by atoms with Gasteiger partial charge >= 0.3 is 0 Å². The van der Waals surface area contributed by atoms with Crippen LogP contribution >= 0.6 is 11.8 Å². The van der Waals surface area contributed by atoms with Gasteiger partial charge in [-0.25, -0.2) is 4.39 Å². The molecule has 136 valence electrons. The summed E-state index contributed by atoms with van der Waals surface area (Å²) < 4.78 is 18.3. The second-order valence-corrected chi connectivity index (χ2v) is 7.11. The second kappa shape index (κ2) is 8.80. The molecule has 1 amide bonds. The third kappa shape index (κ3) is 4.60. The van der Waals surface area contributed by atoms with Crippen LogP contribution in [0.2, 0.25) is 0 Å². The number of unbranched alkanes of at least 4 members (excludes halogenated alkanes) is 1. The lowest BCUT2D eigenvalue weighted by Crippen LogP contribution is -2.31. The monoisotopic (exact) mass is 373 g/mol. The van der Waals surface area contributed by atoms with Gasteiger partial charge in [0.25, 0.3) is 0 Å². The first-order valence-corrected chi connectivity index (χ1v) is 9.42. The van der Waals surface area contributed by atoms with Crippen molar-refractivity contribution in [3.63, 3.8) is 0 Å². The first kappa shape index (κ1) is 18.4. The number of benzene rings is 1. The summed E-state index contributed by atoms with van der Waals surface area (Å²) in [5, 5.41) is 8.68. The predicted octanol–water partition coefficient (Wildman–Crippen LogP) is 4.44. The molecule has 3 rings (SSSR count). The molecule has 1 atom stereocenters. The van der Waals surface area contributed by atoms with Crippen molar-refractivity contribution in [1.29, 1.82) is 0 Å². The van der Waals surface area contributed by atoms with Crippen LogP contribution < -0.4 is 0 Å². The van der Waals surface area contributed by atoms with E-state index in [0.717, 1.165) is 24.8 Å². The summed E-state index contributed by atoms with van der Waals surface area (Å²) >= 11 is 1.43. The van der Waals surface area contributed by atoms with Crippen molar-refractivity contribution in [3.8, 4) is 0 Å². The van der Waals surface area contributed by atoms with Gasteiger partial charge in [-0.05, 0) is 36.2 Å². The van der Waals surface area contributed by atoms with Gasteiger partial charge in [0.1, 0.15) is 11.6 Å². The maximum Gasteiger partial charge on any atom is 0.242 e. The Bertz CT molecular complexity index is 788. The zero-order valence-corrected chi connectivity index (χ0v) is 15.3. The fraction of sp³-hybridized carbons (Fsp3) is 0.316. The maximum absolute atomic E-state index is 13.1. The fourth-order valence-electron chi connectivity index (χ4n) is 2.58. The largest absolute Gasteiger partial charge is 0.463 e. The van der Waals surface area contributed by atoms with E-state index < -0.39 is 0 Å². The van der Waals surface area contributed by atoms with Crippen LogP contribution in [0.4, 0.5) is 4.39 Å². The molecule has 1 unspecified atom stereocenters. The molecule has 1 aliphatic rings. The molecule has 2 heterocycles. The van der Waals surface area contributed by atoms with Crippen LogP contribution in [-0.2, 0) is 11.3 Å². The van der Waals surface area contributed by atoms with Crippen LogP contribution in [0.3, 0.4) is 0 Å². The summed E-state index contributed by atoms with van der Waals surface area (Å²) in [7, 11) is 0. The highest BCUT2D eigenvalue weighted by atomic mass is 32.2. The number of carbonyl (C=O) groups excluding carboxylic acids is 1. The minimum absolute atomic E-state index is 0.0275. The van der Waals surface area contributed by atoms with Crippen molar-refractivity contribution in [3.05, 3.63) is 59.8 Å². The topological polar surface area (TPSA) is 58.2 Å². The van der Waals surface area contributed by atoms with Crippen LogP contribution in [0.1, 0.15) is 37.5 Å². The molecule has 5 nitrogen and oxygen atoms in total. The smallest absolute Gasteiger partial charge is 0.242 e. The standard InChI is InChI=1S/C19H20FN3O2S/c1-2-3-6-17-18(24)23(13-14-7-9-15(20)10-8-14)19(26-17)22-21-12-16-5-4-11-25-16/h4-5,7-12,17H,2-3,6,13H2,1H3/b21-12+,22-19+. The van der Waals surface area contributed by atoms with E-state index in [1.54, 1.807) is 35.4 Å². The number of amidine groups is 1. The van der Waals surface area contributed by atoms with Gasteiger partial charge in [0, 0.05) is 0 Å². The number of halogens is 1. The van der Waals surface area contributed by atoms with Crippen LogP contribution in [0.25, 0.3) is 0 Å². The van der Waals surface area contributed by atoms with Crippen molar-refractivity contribution in [2.24, 2.45) is 10.2 Å². The van der Waals surface area contributed by atoms with Crippen molar-refractivity contribution in [2.45, 2.75) is 38.0 Å². The van der Waals surface area contributed by atoms with Gasteiger partial charge in [-0.1, -0.05) is 43.7 Å². The Morgan fingerprint density at radius 3 is 2.81 bits per heavy atom. The number of carbonyl (C=O) groups is 1. The third-order valence-corrected chi connectivity index (χ3v) is 5.20. The van der Waals surface area contributed by atoms with Crippen molar-refractivity contribution in [2.75, 3.05) is 0 Å². The lowest BCUT2D eigenvalue weighted by molar-refractivity contribution is -0.126. The first-order valence-electron chi connectivity index (χ1n) is 8.54. The molecule has 0 saturated carbocycles. The minimum Gasteiger partial charge on any atom is -0.463 e. The summed E-state index contributed by atoms with van der Waals surface area (Å²) in [6, 6.07) is 9.68. The summed E-state index contributed by atoms with van der Waals surface area (Å²) in [5.41, 5.74) is 0.846. The Balaban J connectivity index is 1.78. The third-order valence-electron chi connectivity index (χ3n) is 3.97. The molecule has 0 N–H and O–H groups in total. The molecule has 1 aromatic carbocycles. The van der Waals surface area contributed by atoms with E-state index in [1.807, 2.05) is 0 Å². The zero-order chi connectivity index (χ0) is 18.4. The van der Waals surface area contributed by atoms with Gasteiger partial charge in [0.15, 0.2) is 5.17 Å². The number of amides is 1. The van der Waals surface area contributed by atoms with Crippen LogP contribution in [0, 0.1) is 5.82 Å². The molecule has 1 aliphatic heterocycles. The molecule has 0 radical (unpaired) electrons. The Kier molecular flexibility index (Phi) is 6.22. The first-order chi connectivity index (χ1) is 12.7. The van der Waals surface area contributed by atoms with Crippen molar-refractivity contribution >= 4 is 29.1 Å². The molecule has 0 spiro atoms. The number of nitrogens with zero attached hydrogens (tertiary/aromatic N) is 3. The van der Waals surface area contributed by atoms with Gasteiger partial charge in [0.05, 0.1) is 24.3 Å². The van der Waals surface area contributed by atoms with Gasteiger partial charge < -0.3 is 4.42 Å². The number of hydrogen-bond donors (Lipinski definition) is 0. The molecule has 26 heavy (non-hydrogen) atoms. The molecule has 0 bridgehead atoms. The summed E-state index contributed by atoms with van der Waals surface area (Å²) in [5.74, 6) is 0.324. The van der Waals surface area contributed by atoms with E-state index in [9.17, 15) is 9.18 Å². The Morgan fingerprint density at radius 2 is 2.12 bits per heavy atom. The highest BCUT2D eigenvalue weighted by Crippen LogP contribution is 2.32. The average molecular weight is 373 g/mol. The highest BCUT2D eigenvalue weighted by molar-refractivity contribution is 8.15. The average Bonchev–Trinajstić information content (AvgIpc) is 3.25. The SMILES string of the molecule is CCCCC1S/C(=N/N=C/c2ccco2)N(Cc2ccc(F)cc2)C1=O. The number of furan rings is 1. The Hall–Kier alpha value is -2.41. The van der Waals surface area contributed by atoms with E-state index in [4.69, 9.17) is 4.42 Å². The molecule has 1 fully saturated rings. The Labute approximate surface area is 156 Å². The zero-order valence-electron chi connectivity index (χ0n) is 14.5. The van der Waals surface area contributed by atoms with Crippen LogP contribution in [-0.4, -0.2) is 27.4 Å². The molecule has 2 aromatic rings. The van der Waals surface area contributed by atoms with Gasteiger partial charge in [-0.2, -0.15) is 5.10 Å². The highest BCUT2D eigenvalue weighted by Gasteiger charge is 2.37. The van der Waals surface area contributed by atoms with Crippen molar-refractivity contribution in [1.82, 2.24) is 4.90 Å². The van der Waals surface area contributed by atoms with Crippen LogP contribution in [0.5, 0.6) is 0 Å². The van der Waals surface area contributed by atoms with Crippen LogP contribution in [0.15, 0.2) is 57.3 Å².